The maximum atomic E-state index is 9.36. The van der Waals surface area contributed by atoms with Crippen LogP contribution in [0, 0.1) is 0 Å². The average molecular weight is 260 g/mol. The average Bonchev–Trinajstić information content (AvgIpc) is 2.42. The van der Waals surface area contributed by atoms with E-state index in [0.29, 0.717) is 0 Å². The highest BCUT2D eigenvalue weighted by Gasteiger charge is 2.18. The van der Waals surface area contributed by atoms with Crippen molar-refractivity contribution in [3.63, 3.8) is 0 Å². The second-order valence-electron chi connectivity index (χ2n) is 4.75. The maximum absolute atomic E-state index is 9.36. The number of aliphatic hydroxyl groups excluding tert-OH is 2. The van der Waals surface area contributed by atoms with Crippen LogP contribution in [-0.2, 0) is 0 Å². The Bertz CT molecular complexity index is 163. The van der Waals surface area contributed by atoms with Crippen molar-refractivity contribution in [2.75, 3.05) is 39.4 Å². The van der Waals surface area contributed by atoms with Gasteiger partial charge in [-0.3, -0.25) is 9.80 Å². The Morgan fingerprint density at radius 1 is 0.722 bits per heavy atom. The van der Waals surface area contributed by atoms with E-state index < -0.39 is 0 Å². The van der Waals surface area contributed by atoms with Gasteiger partial charge in [-0.05, 0) is 25.9 Å². The van der Waals surface area contributed by atoms with Crippen LogP contribution in [0.4, 0.5) is 0 Å². The van der Waals surface area contributed by atoms with Crippen molar-refractivity contribution in [2.24, 2.45) is 0 Å². The Morgan fingerprint density at radius 2 is 1.06 bits per heavy atom. The normalized spacial score (nSPS) is 15.3. The van der Waals surface area contributed by atoms with Crippen LogP contribution in [0.5, 0.6) is 0 Å². The van der Waals surface area contributed by atoms with Crippen LogP contribution >= 0.6 is 0 Å². The first-order valence-electron chi connectivity index (χ1n) is 7.38. The van der Waals surface area contributed by atoms with Crippen LogP contribution in [0.3, 0.4) is 0 Å². The minimum Gasteiger partial charge on any atom is -0.395 e. The topological polar surface area (TPSA) is 46.9 Å². The molecule has 0 saturated carbocycles. The van der Waals surface area contributed by atoms with Gasteiger partial charge in [0.25, 0.3) is 0 Å². The lowest BCUT2D eigenvalue weighted by atomic mass is 10.2. The molecule has 0 aliphatic rings. The fraction of sp³-hybridized carbons (Fsp3) is 1.00. The summed E-state index contributed by atoms with van der Waals surface area (Å²) >= 11 is 0. The molecule has 4 heteroatoms. The number of hydrogen-bond acceptors (Lipinski definition) is 4. The highest BCUT2D eigenvalue weighted by molar-refractivity contribution is 4.73. The lowest BCUT2D eigenvalue weighted by Gasteiger charge is -2.34. The monoisotopic (exact) mass is 260 g/mol. The van der Waals surface area contributed by atoms with Crippen molar-refractivity contribution >= 4 is 0 Å². The van der Waals surface area contributed by atoms with Gasteiger partial charge in [-0.25, -0.2) is 0 Å². The van der Waals surface area contributed by atoms with E-state index >= 15 is 0 Å². The van der Waals surface area contributed by atoms with Gasteiger partial charge in [0.15, 0.2) is 0 Å². The SMILES string of the molecule is CC[C@H](CO)N(CC)CCN(CC)[C@@H](CC)CO. The lowest BCUT2D eigenvalue weighted by Crippen LogP contribution is -2.46. The molecule has 0 unspecified atom stereocenters. The molecule has 0 amide bonds. The number of nitrogens with zero attached hydrogens (tertiary/aromatic N) is 2. The van der Waals surface area contributed by atoms with E-state index in [-0.39, 0.29) is 25.3 Å². The fourth-order valence-electron chi connectivity index (χ4n) is 2.46. The smallest absolute Gasteiger partial charge is 0.0586 e. The summed E-state index contributed by atoms with van der Waals surface area (Å²) in [6.45, 7) is 12.8. The molecule has 2 N–H and O–H groups in total. The molecule has 4 nitrogen and oxygen atoms in total. The molecule has 0 aliphatic carbocycles. The molecule has 0 bridgehead atoms. The summed E-state index contributed by atoms with van der Waals surface area (Å²) in [4.78, 5) is 4.65. The van der Waals surface area contributed by atoms with Crippen LogP contribution in [0.25, 0.3) is 0 Å². The summed E-state index contributed by atoms with van der Waals surface area (Å²) in [5, 5.41) is 18.7. The summed E-state index contributed by atoms with van der Waals surface area (Å²) < 4.78 is 0. The minimum atomic E-state index is 0.230. The van der Waals surface area contributed by atoms with Gasteiger partial charge in [-0.2, -0.15) is 0 Å². The van der Waals surface area contributed by atoms with Crippen molar-refractivity contribution < 1.29 is 10.2 Å². The quantitative estimate of drug-likeness (QED) is 0.585. The van der Waals surface area contributed by atoms with E-state index in [9.17, 15) is 10.2 Å². The molecule has 0 fully saturated rings. The van der Waals surface area contributed by atoms with Gasteiger partial charge >= 0.3 is 0 Å². The molecule has 0 aromatic rings. The van der Waals surface area contributed by atoms with Crippen LogP contribution in [0.2, 0.25) is 0 Å². The highest BCUT2D eigenvalue weighted by Crippen LogP contribution is 2.07. The first-order chi connectivity index (χ1) is 8.68. The van der Waals surface area contributed by atoms with Gasteiger partial charge < -0.3 is 10.2 Å². The number of rotatable bonds is 11. The van der Waals surface area contributed by atoms with Crippen molar-refractivity contribution in [2.45, 2.75) is 52.6 Å². The first-order valence-corrected chi connectivity index (χ1v) is 7.38. The highest BCUT2D eigenvalue weighted by atomic mass is 16.3. The molecular formula is C14H32N2O2. The van der Waals surface area contributed by atoms with Gasteiger partial charge in [0, 0.05) is 25.2 Å². The molecule has 0 rings (SSSR count). The largest absolute Gasteiger partial charge is 0.395 e. The van der Waals surface area contributed by atoms with Crippen LogP contribution in [-0.4, -0.2) is 71.5 Å². The van der Waals surface area contributed by atoms with E-state index in [4.69, 9.17) is 0 Å². The van der Waals surface area contributed by atoms with Gasteiger partial charge in [0.2, 0.25) is 0 Å². The first kappa shape index (κ1) is 17.8. The molecule has 0 aromatic heterocycles. The zero-order chi connectivity index (χ0) is 14.0. The Hall–Kier alpha value is -0.160. The number of likely N-dealkylation sites (N-methyl/N-ethyl adjacent to an activating group) is 2. The van der Waals surface area contributed by atoms with E-state index in [0.717, 1.165) is 39.0 Å². The minimum absolute atomic E-state index is 0.230. The van der Waals surface area contributed by atoms with Gasteiger partial charge in [-0.1, -0.05) is 27.7 Å². The summed E-state index contributed by atoms with van der Waals surface area (Å²) in [5.74, 6) is 0. The molecular weight excluding hydrogens is 228 g/mol. The Kier molecular flexibility index (Phi) is 10.6. The Morgan fingerprint density at radius 3 is 1.22 bits per heavy atom. The molecule has 110 valence electrons. The molecule has 18 heavy (non-hydrogen) atoms. The van der Waals surface area contributed by atoms with Gasteiger partial charge in [0.05, 0.1) is 13.2 Å². The lowest BCUT2D eigenvalue weighted by molar-refractivity contribution is 0.0827. The number of aliphatic hydroxyl groups is 2. The van der Waals surface area contributed by atoms with Crippen molar-refractivity contribution in [1.29, 1.82) is 0 Å². The Labute approximate surface area is 113 Å². The third kappa shape index (κ3) is 5.65. The standard InChI is InChI=1S/C14H32N2O2/c1-5-13(11-17)15(7-3)9-10-16(8-4)14(6-2)12-18/h13-14,17-18H,5-12H2,1-4H3/t13-,14+. The van der Waals surface area contributed by atoms with Crippen LogP contribution in [0.1, 0.15) is 40.5 Å². The van der Waals surface area contributed by atoms with Crippen LogP contribution < -0.4 is 0 Å². The summed E-state index contributed by atoms with van der Waals surface area (Å²) in [7, 11) is 0. The molecule has 0 saturated heterocycles. The van der Waals surface area contributed by atoms with Gasteiger partial charge in [-0.15, -0.1) is 0 Å². The van der Waals surface area contributed by atoms with Crippen molar-refractivity contribution in [3.05, 3.63) is 0 Å². The van der Waals surface area contributed by atoms with E-state index in [2.05, 4.69) is 37.5 Å². The third-order valence-electron chi connectivity index (χ3n) is 3.88. The van der Waals surface area contributed by atoms with Gasteiger partial charge in [0.1, 0.15) is 0 Å². The third-order valence-corrected chi connectivity index (χ3v) is 3.88. The van der Waals surface area contributed by atoms with E-state index in [1.165, 1.54) is 0 Å². The summed E-state index contributed by atoms with van der Waals surface area (Å²) in [5.41, 5.74) is 0. The van der Waals surface area contributed by atoms with Crippen molar-refractivity contribution in [1.82, 2.24) is 9.80 Å². The Balaban J connectivity index is 4.30. The van der Waals surface area contributed by atoms with Crippen LogP contribution in [0.15, 0.2) is 0 Å². The molecule has 2 atom stereocenters. The van der Waals surface area contributed by atoms with Crippen molar-refractivity contribution in [3.8, 4) is 0 Å². The summed E-state index contributed by atoms with van der Waals surface area (Å²) in [6.07, 6.45) is 1.96. The number of hydrogen-bond donors (Lipinski definition) is 2. The molecule has 0 aliphatic heterocycles. The zero-order valence-corrected chi connectivity index (χ0v) is 12.6. The predicted molar refractivity (Wildman–Crippen MR) is 76.8 cm³/mol. The fourth-order valence-corrected chi connectivity index (χ4v) is 2.46. The maximum Gasteiger partial charge on any atom is 0.0586 e. The second-order valence-corrected chi connectivity index (χ2v) is 4.75. The van der Waals surface area contributed by atoms with E-state index in [1.807, 2.05) is 0 Å². The van der Waals surface area contributed by atoms with E-state index in [1.54, 1.807) is 0 Å². The molecule has 0 spiro atoms. The molecule has 0 radical (unpaired) electrons. The molecule has 0 aromatic carbocycles. The summed E-state index contributed by atoms with van der Waals surface area (Å²) in [6, 6.07) is 0.533. The second kappa shape index (κ2) is 10.7. The predicted octanol–water partition coefficient (Wildman–Crippen LogP) is 1.17. The molecule has 0 heterocycles. The zero-order valence-electron chi connectivity index (χ0n) is 12.6.